The summed E-state index contributed by atoms with van der Waals surface area (Å²) in [6, 6.07) is 0. The number of aromatic nitrogens is 1. The molecule has 0 saturated carbocycles. The fourth-order valence-electron chi connectivity index (χ4n) is 2.83. The van der Waals surface area contributed by atoms with Crippen LogP contribution in [0, 0.1) is 19.8 Å². The van der Waals surface area contributed by atoms with Gasteiger partial charge in [0.05, 0.1) is 0 Å². The number of amides is 1. The summed E-state index contributed by atoms with van der Waals surface area (Å²) in [5.41, 5.74) is 0.364. The monoisotopic (exact) mass is 380 g/mol. The molecule has 2 heterocycles. The molecule has 1 aliphatic rings. The highest BCUT2D eigenvalue weighted by Crippen LogP contribution is 2.24. The molecule has 0 radical (unpaired) electrons. The summed E-state index contributed by atoms with van der Waals surface area (Å²) in [5, 5.41) is 6.69. The van der Waals surface area contributed by atoms with Gasteiger partial charge in [0.1, 0.15) is 10.6 Å². The summed E-state index contributed by atoms with van der Waals surface area (Å²) in [6.45, 7) is 7.04. The number of carbonyl (C=O) groups is 1. The first-order valence-electron chi connectivity index (χ1n) is 7.65. The first-order chi connectivity index (χ1) is 10.8. The molecule has 0 spiro atoms. The topological polar surface area (TPSA) is 95.8 Å². The molecule has 8 nitrogen and oxygen atoms in total. The van der Waals surface area contributed by atoms with Gasteiger partial charge >= 0.3 is 0 Å². The molecule has 1 aromatic rings. The maximum Gasteiger partial charge on any atom is 0.248 e. The Labute approximate surface area is 149 Å². The number of nitrogens with zero attached hydrogens (tertiary/aromatic N) is 3. The number of sulfonamides is 1. The van der Waals surface area contributed by atoms with Crippen LogP contribution in [0.15, 0.2) is 9.42 Å². The van der Waals surface area contributed by atoms with Gasteiger partial charge in [-0.1, -0.05) is 12.1 Å². The zero-order chi connectivity index (χ0) is 17.2. The van der Waals surface area contributed by atoms with E-state index in [1.165, 1.54) is 4.31 Å². The number of hydrogen-bond acceptors (Lipinski definition) is 6. The van der Waals surface area contributed by atoms with E-state index in [0.717, 1.165) is 0 Å². The first-order valence-corrected chi connectivity index (χ1v) is 9.09. The zero-order valence-corrected chi connectivity index (χ0v) is 16.0. The maximum absolute atomic E-state index is 12.7. The molecule has 1 aliphatic heterocycles. The van der Waals surface area contributed by atoms with Gasteiger partial charge in [-0.15, -0.1) is 12.4 Å². The average molecular weight is 381 g/mol. The second kappa shape index (κ2) is 8.28. The number of nitrogens with one attached hydrogen (secondary N) is 1. The number of hydrogen-bond donors (Lipinski definition) is 1. The summed E-state index contributed by atoms with van der Waals surface area (Å²) in [6.07, 6.45) is 0. The minimum Gasteiger partial charge on any atom is -0.360 e. The Hall–Kier alpha value is -1.16. The lowest BCUT2D eigenvalue weighted by atomic mass is 10.1. The van der Waals surface area contributed by atoms with Gasteiger partial charge in [0.25, 0.3) is 0 Å². The van der Waals surface area contributed by atoms with Crippen molar-refractivity contribution < 1.29 is 17.7 Å². The highest BCUT2D eigenvalue weighted by atomic mass is 35.5. The molecule has 1 fully saturated rings. The molecule has 1 unspecified atom stereocenters. The normalized spacial score (nSPS) is 17.4. The van der Waals surface area contributed by atoms with Crippen LogP contribution >= 0.6 is 12.4 Å². The number of carbonyl (C=O) groups excluding carboxylic acids is 1. The van der Waals surface area contributed by atoms with Gasteiger partial charge in [-0.3, -0.25) is 4.79 Å². The molecule has 0 aliphatic carbocycles. The molecule has 0 bridgehead atoms. The van der Waals surface area contributed by atoms with E-state index in [1.54, 1.807) is 25.8 Å². The van der Waals surface area contributed by atoms with Crippen molar-refractivity contribution in [1.82, 2.24) is 19.7 Å². The molecular weight excluding hydrogens is 356 g/mol. The minimum absolute atomic E-state index is 0. The van der Waals surface area contributed by atoms with E-state index < -0.39 is 10.0 Å². The predicted octanol–water partition coefficient (Wildman–Crippen LogP) is 0.402. The Morgan fingerprint density at radius 1 is 1.29 bits per heavy atom. The highest BCUT2D eigenvalue weighted by molar-refractivity contribution is 7.89. The van der Waals surface area contributed by atoms with Crippen molar-refractivity contribution in [3.8, 4) is 0 Å². The van der Waals surface area contributed by atoms with E-state index in [2.05, 4.69) is 10.5 Å². The number of piperazine rings is 1. The van der Waals surface area contributed by atoms with Gasteiger partial charge in [-0.2, -0.15) is 4.31 Å². The van der Waals surface area contributed by atoms with Crippen LogP contribution in [0.1, 0.15) is 18.4 Å². The van der Waals surface area contributed by atoms with Crippen LogP contribution in [0.3, 0.4) is 0 Å². The van der Waals surface area contributed by atoms with Gasteiger partial charge in [-0.05, 0) is 20.9 Å². The van der Waals surface area contributed by atoms with Gasteiger partial charge < -0.3 is 14.7 Å². The Balaban J connectivity index is 0.00000288. The maximum atomic E-state index is 12.7. The molecule has 1 aromatic heterocycles. The van der Waals surface area contributed by atoms with E-state index in [4.69, 9.17) is 4.52 Å². The second-order valence-electron chi connectivity index (χ2n) is 5.84. The van der Waals surface area contributed by atoms with Crippen LogP contribution in [0.5, 0.6) is 0 Å². The van der Waals surface area contributed by atoms with E-state index in [9.17, 15) is 13.2 Å². The molecule has 1 N–H and O–H groups in total. The van der Waals surface area contributed by atoms with Crippen molar-refractivity contribution in [3.63, 3.8) is 0 Å². The minimum atomic E-state index is -3.63. The molecule has 10 heteroatoms. The van der Waals surface area contributed by atoms with Crippen LogP contribution in [-0.4, -0.2) is 68.5 Å². The molecule has 24 heavy (non-hydrogen) atoms. The van der Waals surface area contributed by atoms with Crippen molar-refractivity contribution in [2.75, 3.05) is 39.8 Å². The third-order valence-corrected chi connectivity index (χ3v) is 6.19. The van der Waals surface area contributed by atoms with Crippen LogP contribution in [0.4, 0.5) is 0 Å². The van der Waals surface area contributed by atoms with E-state index in [1.807, 2.05) is 6.92 Å². The number of aryl methyl sites for hydroxylation is 2. The second-order valence-corrected chi connectivity index (χ2v) is 7.72. The van der Waals surface area contributed by atoms with Crippen molar-refractivity contribution in [2.24, 2.45) is 5.92 Å². The van der Waals surface area contributed by atoms with Gasteiger partial charge in [0.2, 0.25) is 15.9 Å². The number of halogens is 1. The van der Waals surface area contributed by atoms with Crippen LogP contribution in [-0.2, 0) is 14.8 Å². The summed E-state index contributed by atoms with van der Waals surface area (Å²) in [5.74, 6) is 0.225. The third-order valence-electron chi connectivity index (χ3n) is 4.05. The quantitative estimate of drug-likeness (QED) is 0.794. The fourth-order valence-corrected chi connectivity index (χ4v) is 4.54. The molecule has 138 valence electrons. The van der Waals surface area contributed by atoms with E-state index >= 15 is 0 Å². The van der Waals surface area contributed by atoms with E-state index in [0.29, 0.717) is 31.1 Å². The van der Waals surface area contributed by atoms with Crippen molar-refractivity contribution >= 4 is 28.3 Å². The third kappa shape index (κ3) is 4.08. The molecule has 2 rings (SSSR count). The Morgan fingerprint density at radius 2 is 1.88 bits per heavy atom. The van der Waals surface area contributed by atoms with Gasteiger partial charge in [-0.25, -0.2) is 8.42 Å². The molecule has 1 saturated heterocycles. The summed E-state index contributed by atoms with van der Waals surface area (Å²) < 4.78 is 31.8. The van der Waals surface area contributed by atoms with Crippen molar-refractivity contribution in [2.45, 2.75) is 25.7 Å². The molecule has 0 aromatic carbocycles. The van der Waals surface area contributed by atoms with Crippen molar-refractivity contribution in [1.29, 1.82) is 0 Å². The molecule has 1 amide bonds. The average Bonchev–Trinajstić information content (AvgIpc) is 2.86. The molecular formula is C14H25ClN4O4S. The van der Waals surface area contributed by atoms with Crippen molar-refractivity contribution in [3.05, 3.63) is 11.5 Å². The van der Waals surface area contributed by atoms with Crippen LogP contribution < -0.4 is 5.32 Å². The van der Waals surface area contributed by atoms with Crippen LogP contribution in [0.2, 0.25) is 0 Å². The SMILES string of the molecule is CNCC(C)C(=O)N1CCN(S(=O)(=O)c2c(C)noc2C)CC1.Cl. The summed E-state index contributed by atoms with van der Waals surface area (Å²) in [4.78, 5) is 14.1. The largest absolute Gasteiger partial charge is 0.360 e. The molecule has 1 atom stereocenters. The summed E-state index contributed by atoms with van der Waals surface area (Å²) in [7, 11) is -1.83. The lowest BCUT2D eigenvalue weighted by Crippen LogP contribution is -2.52. The first kappa shape index (κ1) is 20.9. The Kier molecular flexibility index (Phi) is 7.21. The standard InChI is InChI=1S/C14H24N4O4S.ClH/c1-10(9-15-4)14(19)17-5-7-18(8-6-17)23(20,21)13-11(2)16-22-12(13)3;/h10,15H,5-9H2,1-4H3;1H. The highest BCUT2D eigenvalue weighted by Gasteiger charge is 2.34. The lowest BCUT2D eigenvalue weighted by Gasteiger charge is -2.35. The van der Waals surface area contributed by atoms with Gasteiger partial charge in [0, 0.05) is 38.6 Å². The fraction of sp³-hybridized carbons (Fsp3) is 0.714. The Bertz CT molecular complexity index is 649. The smallest absolute Gasteiger partial charge is 0.248 e. The summed E-state index contributed by atoms with van der Waals surface area (Å²) >= 11 is 0. The van der Waals surface area contributed by atoms with E-state index in [-0.39, 0.29) is 42.2 Å². The predicted molar refractivity (Wildman–Crippen MR) is 91.7 cm³/mol. The van der Waals surface area contributed by atoms with Crippen LogP contribution in [0.25, 0.3) is 0 Å². The lowest BCUT2D eigenvalue weighted by molar-refractivity contribution is -0.136. The number of rotatable bonds is 5. The van der Waals surface area contributed by atoms with Gasteiger partial charge in [0.15, 0.2) is 5.76 Å². The zero-order valence-electron chi connectivity index (χ0n) is 14.4. The Morgan fingerprint density at radius 3 is 2.33 bits per heavy atom.